The summed E-state index contributed by atoms with van der Waals surface area (Å²) in [5.41, 5.74) is -1.86. The van der Waals surface area contributed by atoms with E-state index in [1.165, 1.54) is 32.0 Å². The number of hydrogen-bond donors (Lipinski definition) is 0. The molecule has 0 saturated carbocycles. The maximum absolute atomic E-state index is 14.0. The summed E-state index contributed by atoms with van der Waals surface area (Å²) in [6, 6.07) is 10.4. The number of rotatable bonds is 5. The molecule has 0 spiro atoms. The lowest BCUT2D eigenvalue weighted by molar-refractivity contribution is -0.143. The van der Waals surface area contributed by atoms with Crippen LogP contribution < -0.4 is 4.90 Å². The fourth-order valence-electron chi connectivity index (χ4n) is 5.34. The molecular formula is C35H37F6N3O3. The van der Waals surface area contributed by atoms with E-state index in [0.29, 0.717) is 48.6 Å². The van der Waals surface area contributed by atoms with Crippen LogP contribution in [0.1, 0.15) is 69.0 Å². The second kappa shape index (κ2) is 12.7. The Labute approximate surface area is 270 Å². The van der Waals surface area contributed by atoms with Crippen molar-refractivity contribution in [3.63, 3.8) is 0 Å². The third-order valence-electron chi connectivity index (χ3n) is 8.02. The molecule has 12 heteroatoms. The highest BCUT2D eigenvalue weighted by Crippen LogP contribution is 2.41. The Hall–Kier alpha value is -4.35. The molecule has 0 N–H and O–H groups in total. The van der Waals surface area contributed by atoms with Gasteiger partial charge >= 0.3 is 18.4 Å². The minimum atomic E-state index is -5.06. The van der Waals surface area contributed by atoms with Crippen molar-refractivity contribution < 1.29 is 40.7 Å². The fourth-order valence-corrected chi connectivity index (χ4v) is 5.34. The Morgan fingerprint density at radius 1 is 0.851 bits per heavy atom. The second-order valence-electron chi connectivity index (χ2n) is 13.1. The molecule has 47 heavy (non-hydrogen) atoms. The fraction of sp³-hybridized carbons (Fsp3) is 0.400. The Morgan fingerprint density at radius 3 is 1.94 bits per heavy atom. The largest absolute Gasteiger partial charge is 0.444 e. The van der Waals surface area contributed by atoms with Crippen molar-refractivity contribution in [2.45, 2.75) is 71.3 Å². The van der Waals surface area contributed by atoms with Gasteiger partial charge in [-0.2, -0.15) is 26.3 Å². The van der Waals surface area contributed by atoms with Crippen LogP contribution in [0.2, 0.25) is 0 Å². The van der Waals surface area contributed by atoms with Crippen molar-refractivity contribution in [2.24, 2.45) is 0 Å². The van der Waals surface area contributed by atoms with Crippen LogP contribution in [0.15, 0.2) is 60.8 Å². The van der Waals surface area contributed by atoms with Crippen molar-refractivity contribution in [2.75, 3.05) is 25.0 Å². The van der Waals surface area contributed by atoms with Crippen LogP contribution >= 0.6 is 0 Å². The Balaban J connectivity index is 1.75. The molecular weight excluding hydrogens is 624 g/mol. The van der Waals surface area contributed by atoms with Crippen molar-refractivity contribution in [3.05, 3.63) is 88.8 Å². The lowest BCUT2D eigenvalue weighted by Crippen LogP contribution is -2.42. The molecule has 2 aromatic carbocycles. The normalized spacial score (nSPS) is 14.5. The van der Waals surface area contributed by atoms with Gasteiger partial charge in [0.25, 0.3) is 0 Å². The minimum Gasteiger partial charge on any atom is -0.444 e. The highest BCUT2D eigenvalue weighted by molar-refractivity contribution is 6.03. The SMILES string of the molecule is Cc1ccccc1-c1cc(C2=CCN(C(=O)OC(C)(C)C)CC2)ncc1N(C)C(=O)C(C)(C)c1cc(C(F)(F)F)cc(C(F)(F)F)c1. The molecule has 0 atom stereocenters. The quantitative estimate of drug-likeness (QED) is 0.256. The first-order chi connectivity index (χ1) is 21.6. The van der Waals surface area contributed by atoms with E-state index in [2.05, 4.69) is 4.98 Å². The number of anilines is 1. The molecule has 0 aliphatic carbocycles. The van der Waals surface area contributed by atoms with E-state index in [1.807, 2.05) is 37.3 Å². The molecule has 2 amide bonds. The standard InChI is InChI=1S/C35H37F6N3O3/c1-21-10-8-9-11-26(21)27-19-28(22-12-14-44(15-13-22)31(46)47-32(2,3)4)42-20-29(27)43(7)30(45)33(5,6)23-16-24(34(36,37)38)18-25(17-23)35(39,40)41/h8-12,16-20H,13-15H2,1-7H3. The van der Waals surface area contributed by atoms with E-state index < -0.39 is 52.1 Å². The third kappa shape index (κ3) is 7.97. The molecule has 2 heterocycles. The lowest BCUT2D eigenvalue weighted by Gasteiger charge is -2.32. The zero-order valence-corrected chi connectivity index (χ0v) is 27.2. The molecule has 0 radical (unpaired) electrons. The number of likely N-dealkylation sites (N-methyl/N-ethyl adjacent to an activating group) is 1. The second-order valence-corrected chi connectivity index (χ2v) is 13.1. The minimum absolute atomic E-state index is 0.0411. The number of amides is 2. The van der Waals surface area contributed by atoms with E-state index in [0.717, 1.165) is 16.7 Å². The zero-order chi connectivity index (χ0) is 35.1. The molecule has 252 valence electrons. The van der Waals surface area contributed by atoms with Crippen LogP contribution in [0.25, 0.3) is 16.7 Å². The number of alkyl halides is 6. The first-order valence-electron chi connectivity index (χ1n) is 14.9. The zero-order valence-electron chi connectivity index (χ0n) is 27.2. The monoisotopic (exact) mass is 661 g/mol. The van der Waals surface area contributed by atoms with Crippen molar-refractivity contribution in [3.8, 4) is 11.1 Å². The average molecular weight is 662 g/mol. The van der Waals surface area contributed by atoms with Gasteiger partial charge in [0, 0.05) is 25.7 Å². The smallest absolute Gasteiger partial charge is 0.416 e. The molecule has 0 fully saturated rings. The van der Waals surface area contributed by atoms with E-state index in [-0.39, 0.29) is 6.07 Å². The van der Waals surface area contributed by atoms with Crippen LogP contribution in [0.4, 0.5) is 36.8 Å². The van der Waals surface area contributed by atoms with Crippen molar-refractivity contribution in [1.82, 2.24) is 9.88 Å². The van der Waals surface area contributed by atoms with Gasteiger partial charge in [-0.25, -0.2) is 4.79 Å². The van der Waals surface area contributed by atoms with Crippen LogP contribution in [0.3, 0.4) is 0 Å². The summed E-state index contributed by atoms with van der Waals surface area (Å²) in [6.45, 7) is 10.5. The molecule has 0 saturated heterocycles. The summed E-state index contributed by atoms with van der Waals surface area (Å²) in [5.74, 6) is -0.737. The molecule has 1 aromatic heterocycles. The predicted molar refractivity (Wildman–Crippen MR) is 168 cm³/mol. The number of carbonyl (C=O) groups excluding carboxylic acids is 2. The van der Waals surface area contributed by atoms with E-state index >= 15 is 0 Å². The molecule has 1 aliphatic rings. The van der Waals surface area contributed by atoms with Gasteiger partial charge in [-0.15, -0.1) is 0 Å². The number of nitrogens with zero attached hydrogens (tertiary/aromatic N) is 3. The van der Waals surface area contributed by atoms with Crippen LogP contribution in [-0.2, 0) is 27.3 Å². The Kier molecular flexibility index (Phi) is 9.58. The number of pyridine rings is 1. The lowest BCUT2D eigenvalue weighted by atomic mass is 9.81. The van der Waals surface area contributed by atoms with Gasteiger partial charge < -0.3 is 14.5 Å². The number of aryl methyl sites for hydroxylation is 1. The molecule has 1 aliphatic heterocycles. The van der Waals surface area contributed by atoms with Gasteiger partial charge in [0.2, 0.25) is 5.91 Å². The number of ether oxygens (including phenoxy) is 1. The molecule has 6 nitrogen and oxygen atoms in total. The highest BCUT2D eigenvalue weighted by atomic mass is 19.4. The summed E-state index contributed by atoms with van der Waals surface area (Å²) in [4.78, 5) is 34.0. The van der Waals surface area contributed by atoms with E-state index in [4.69, 9.17) is 4.74 Å². The number of benzene rings is 2. The molecule has 0 unspecified atom stereocenters. The number of carbonyl (C=O) groups is 2. The van der Waals surface area contributed by atoms with Crippen molar-refractivity contribution in [1.29, 1.82) is 0 Å². The summed E-state index contributed by atoms with van der Waals surface area (Å²) in [6.07, 6.45) is -6.71. The molecule has 3 aromatic rings. The summed E-state index contributed by atoms with van der Waals surface area (Å²) < 4.78 is 87.3. The van der Waals surface area contributed by atoms with Crippen LogP contribution in [0.5, 0.6) is 0 Å². The third-order valence-corrected chi connectivity index (χ3v) is 8.02. The Bertz CT molecular complexity index is 1670. The summed E-state index contributed by atoms with van der Waals surface area (Å²) in [5, 5.41) is 0. The van der Waals surface area contributed by atoms with Gasteiger partial charge in [-0.05, 0) is 94.5 Å². The van der Waals surface area contributed by atoms with E-state index in [1.54, 1.807) is 31.7 Å². The topological polar surface area (TPSA) is 62.7 Å². The number of halogens is 6. The van der Waals surface area contributed by atoms with Gasteiger partial charge in [-0.1, -0.05) is 30.3 Å². The van der Waals surface area contributed by atoms with Gasteiger partial charge in [0.15, 0.2) is 0 Å². The maximum atomic E-state index is 14.0. The Morgan fingerprint density at radius 2 is 1.43 bits per heavy atom. The van der Waals surface area contributed by atoms with Crippen molar-refractivity contribution >= 4 is 23.3 Å². The van der Waals surface area contributed by atoms with Gasteiger partial charge in [0.05, 0.1) is 34.1 Å². The highest BCUT2D eigenvalue weighted by Gasteiger charge is 2.41. The summed E-state index contributed by atoms with van der Waals surface area (Å²) >= 11 is 0. The van der Waals surface area contributed by atoms with E-state index in [9.17, 15) is 35.9 Å². The maximum Gasteiger partial charge on any atom is 0.416 e. The predicted octanol–water partition coefficient (Wildman–Crippen LogP) is 9.06. The van der Waals surface area contributed by atoms with Crippen LogP contribution in [0, 0.1) is 6.92 Å². The summed E-state index contributed by atoms with van der Waals surface area (Å²) in [7, 11) is 1.42. The first-order valence-corrected chi connectivity index (χ1v) is 14.9. The van der Waals surface area contributed by atoms with Crippen LogP contribution in [-0.4, -0.2) is 47.6 Å². The first kappa shape index (κ1) is 35.5. The van der Waals surface area contributed by atoms with Gasteiger partial charge in [-0.3, -0.25) is 9.78 Å². The van der Waals surface area contributed by atoms with Gasteiger partial charge in [0.1, 0.15) is 5.60 Å². The average Bonchev–Trinajstić information content (AvgIpc) is 2.98. The number of aromatic nitrogens is 1. The molecule has 4 rings (SSSR count). The molecule has 0 bridgehead atoms. The number of hydrogen-bond acceptors (Lipinski definition) is 4.